The maximum Gasteiger partial charge on any atom is 0.344 e. The molecule has 0 amide bonds. The van der Waals surface area contributed by atoms with Gasteiger partial charge < -0.3 is 29.0 Å². The van der Waals surface area contributed by atoms with Crippen molar-refractivity contribution >= 4 is 29.3 Å². The number of carbonyl (C=O) groups excluding carboxylic acids is 3. The van der Waals surface area contributed by atoms with Gasteiger partial charge in [-0.25, -0.2) is 13.6 Å². The Labute approximate surface area is 343 Å². The summed E-state index contributed by atoms with van der Waals surface area (Å²) < 4.78 is 54.3. The lowest BCUT2D eigenvalue weighted by molar-refractivity contribution is -0.228. The number of hydrogen-bond donors (Lipinski definition) is 1. The van der Waals surface area contributed by atoms with Crippen LogP contribution in [0.5, 0.6) is 5.75 Å². The van der Waals surface area contributed by atoms with E-state index in [0.29, 0.717) is 68.1 Å². The second kappa shape index (κ2) is 13.6. The molecule has 1 N–H and O–H groups in total. The fourth-order valence-corrected chi connectivity index (χ4v) is 13.3. The first-order chi connectivity index (χ1) is 28.1. The fourth-order valence-electron chi connectivity index (χ4n) is 13.3. The van der Waals surface area contributed by atoms with E-state index < -0.39 is 63.7 Å². The summed E-state index contributed by atoms with van der Waals surface area (Å²) in [5.74, 6) is -5.97. The van der Waals surface area contributed by atoms with Gasteiger partial charge in [0.05, 0.1) is 38.8 Å². The number of allylic oxidation sites excluding steroid dienone is 3. The summed E-state index contributed by atoms with van der Waals surface area (Å²) in [6.45, 7) is 6.52. The molecule has 2 bridgehead atoms. The molecular weight excluding hydrogens is 763 g/mol. The SMILES string of the molecule is CC[C@@]12C=CCN3CC[C@@]4(c5cc([C@]6(C(=O)OC)C[C@H]7C[C@H](C(C)(F)F)CN(CC8=C6N=C6CC=CC=C68)C7)c(OC)cc5N(C)[C@H]4[C@](O)(C(=O)OC)[C@@H]1OC(C)=O)[C@H]32. The van der Waals surface area contributed by atoms with Crippen molar-refractivity contribution < 1.29 is 47.2 Å². The van der Waals surface area contributed by atoms with Crippen molar-refractivity contribution in [3.8, 4) is 5.75 Å². The highest BCUT2D eigenvalue weighted by Crippen LogP contribution is 2.68. The normalized spacial score (nSPS) is 37.8. The molecule has 2 saturated heterocycles. The fraction of sp³-hybridized carbons (Fsp3) is 0.600. The smallest absolute Gasteiger partial charge is 0.344 e. The quantitative estimate of drug-likeness (QED) is 0.235. The molecule has 1 unspecified atom stereocenters. The number of likely N-dealkylation sites (N-methyl/N-ethyl adjacent to an activating group) is 1. The van der Waals surface area contributed by atoms with Crippen molar-refractivity contribution in [3.63, 3.8) is 0 Å². The Bertz CT molecular complexity index is 2180. The summed E-state index contributed by atoms with van der Waals surface area (Å²) >= 11 is 0. The van der Waals surface area contributed by atoms with E-state index in [1.165, 1.54) is 28.3 Å². The number of esters is 3. The number of aliphatic imine (C=N–C) groups is 1. The summed E-state index contributed by atoms with van der Waals surface area (Å²) in [5.41, 5.74) is -0.945. The largest absolute Gasteiger partial charge is 0.496 e. The Morgan fingerprint density at radius 3 is 2.49 bits per heavy atom. The van der Waals surface area contributed by atoms with Gasteiger partial charge in [-0.2, -0.15) is 0 Å². The third-order valence-electron chi connectivity index (χ3n) is 15.3. The average molecular weight is 817 g/mol. The van der Waals surface area contributed by atoms with Gasteiger partial charge in [0.15, 0.2) is 6.10 Å². The lowest BCUT2D eigenvalue weighted by Gasteiger charge is -2.63. The molecule has 59 heavy (non-hydrogen) atoms. The van der Waals surface area contributed by atoms with Gasteiger partial charge >= 0.3 is 17.9 Å². The van der Waals surface area contributed by atoms with Crippen LogP contribution in [0.3, 0.4) is 0 Å². The number of rotatable bonds is 7. The standard InChI is InChI=1S/C45H54F2N4O8/c1-8-42-14-11-16-51-17-15-43(36(42)51)30-19-31(34(56-5)20-33(30)49(4)37(43)45(55,40(54)58-7)38(42)59-25(2)52)44(39(53)57-6)21-26-18-27(41(3,46)47)23-50(22-26)24-29-28-12-9-10-13-32(28)48-35(29)44/h9-12,14,19-20,26-27,36-38,55H,8,13,15-18,21-24H2,1-7H3/t26-,27+,36-,37-,38-,42+,43-,44-,45-/m1/s1. The van der Waals surface area contributed by atoms with Gasteiger partial charge in [0.1, 0.15) is 11.2 Å². The number of aliphatic hydroxyl groups is 1. The number of carbonyl (C=O) groups is 3. The molecule has 8 aliphatic rings. The first kappa shape index (κ1) is 40.0. The molecule has 0 radical (unpaired) electrons. The average Bonchev–Trinajstić information content (AvgIpc) is 3.86. The van der Waals surface area contributed by atoms with Gasteiger partial charge in [-0.1, -0.05) is 37.3 Å². The number of methoxy groups -OCH3 is 3. The van der Waals surface area contributed by atoms with Crippen LogP contribution in [-0.4, -0.2) is 129 Å². The first-order valence-electron chi connectivity index (χ1n) is 20.8. The highest BCUT2D eigenvalue weighted by molar-refractivity contribution is 6.10. The number of anilines is 1. The molecule has 3 fully saturated rings. The van der Waals surface area contributed by atoms with Crippen LogP contribution in [0.25, 0.3) is 0 Å². The molecule has 6 heterocycles. The van der Waals surface area contributed by atoms with Crippen LogP contribution in [0.15, 0.2) is 64.3 Å². The molecule has 10 atom stereocenters. The number of fused-ring (bicyclic) bond motifs is 5. The van der Waals surface area contributed by atoms with Crippen molar-refractivity contribution in [2.45, 2.75) is 93.4 Å². The highest BCUT2D eigenvalue weighted by atomic mass is 19.3. The number of alkyl halides is 2. The summed E-state index contributed by atoms with van der Waals surface area (Å²) in [7, 11) is 5.92. The zero-order valence-corrected chi connectivity index (χ0v) is 34.8. The number of ether oxygens (including phenoxy) is 4. The Hall–Kier alpha value is -4.40. The minimum atomic E-state index is -2.94. The molecule has 1 aromatic rings. The van der Waals surface area contributed by atoms with Crippen LogP contribution < -0.4 is 9.64 Å². The zero-order valence-electron chi connectivity index (χ0n) is 34.8. The number of nitrogens with zero attached hydrogens (tertiary/aromatic N) is 4. The predicted octanol–water partition coefficient (Wildman–Crippen LogP) is 4.64. The van der Waals surface area contributed by atoms with E-state index in [0.717, 1.165) is 29.3 Å². The molecule has 1 aromatic carbocycles. The van der Waals surface area contributed by atoms with E-state index in [9.17, 15) is 14.7 Å². The van der Waals surface area contributed by atoms with Crippen LogP contribution in [-0.2, 0) is 39.4 Å². The molecular formula is C45H54F2N4O8. The van der Waals surface area contributed by atoms with Crippen LogP contribution >= 0.6 is 0 Å². The molecule has 6 aliphatic heterocycles. The Morgan fingerprint density at radius 2 is 1.81 bits per heavy atom. The Kier molecular flexibility index (Phi) is 9.20. The molecule has 2 aliphatic carbocycles. The van der Waals surface area contributed by atoms with Crippen molar-refractivity contribution in [3.05, 3.63) is 70.5 Å². The van der Waals surface area contributed by atoms with Crippen molar-refractivity contribution in [1.82, 2.24) is 9.80 Å². The van der Waals surface area contributed by atoms with Crippen molar-refractivity contribution in [2.24, 2.45) is 22.2 Å². The molecule has 12 nitrogen and oxygen atoms in total. The molecule has 316 valence electrons. The second-order valence-corrected chi connectivity index (χ2v) is 18.1. The summed E-state index contributed by atoms with van der Waals surface area (Å²) in [5, 5.41) is 13.3. The van der Waals surface area contributed by atoms with E-state index >= 15 is 13.6 Å². The second-order valence-electron chi connectivity index (χ2n) is 18.1. The maximum atomic E-state index is 15.3. The number of piperidine rings is 1. The topological polar surface area (TPSA) is 130 Å². The van der Waals surface area contributed by atoms with Gasteiger partial charge in [0.2, 0.25) is 11.5 Å². The predicted molar refractivity (Wildman–Crippen MR) is 214 cm³/mol. The minimum absolute atomic E-state index is 0.137. The van der Waals surface area contributed by atoms with Gasteiger partial charge in [0.25, 0.3) is 0 Å². The Morgan fingerprint density at radius 1 is 1.05 bits per heavy atom. The van der Waals surface area contributed by atoms with Crippen molar-refractivity contribution in [1.29, 1.82) is 0 Å². The van der Waals surface area contributed by atoms with Crippen LogP contribution in [0, 0.1) is 17.3 Å². The molecule has 9 rings (SSSR count). The summed E-state index contributed by atoms with van der Waals surface area (Å²) in [6, 6.07) is 2.53. The third-order valence-corrected chi connectivity index (χ3v) is 15.3. The molecule has 0 aromatic heterocycles. The van der Waals surface area contributed by atoms with Gasteiger partial charge in [-0.3, -0.25) is 24.4 Å². The summed E-state index contributed by atoms with van der Waals surface area (Å²) in [6.07, 6.45) is 10.5. The number of benzene rings is 1. The first-order valence-corrected chi connectivity index (χ1v) is 20.8. The van der Waals surface area contributed by atoms with E-state index in [2.05, 4.69) is 9.80 Å². The van der Waals surface area contributed by atoms with E-state index in [-0.39, 0.29) is 31.3 Å². The lowest BCUT2D eigenvalue weighted by Crippen LogP contribution is -2.81. The van der Waals surface area contributed by atoms with Gasteiger partial charge in [0, 0.05) is 92.3 Å². The van der Waals surface area contributed by atoms with Gasteiger partial charge in [-0.05, 0) is 62.3 Å². The Balaban J connectivity index is 1.34. The maximum absolute atomic E-state index is 15.3. The van der Waals surface area contributed by atoms with E-state index in [1.807, 2.05) is 61.4 Å². The van der Waals surface area contributed by atoms with E-state index in [1.54, 1.807) is 0 Å². The van der Waals surface area contributed by atoms with Gasteiger partial charge in [-0.15, -0.1) is 0 Å². The minimum Gasteiger partial charge on any atom is -0.496 e. The van der Waals surface area contributed by atoms with Crippen LogP contribution in [0.4, 0.5) is 14.5 Å². The monoisotopic (exact) mass is 816 g/mol. The van der Waals surface area contributed by atoms with Crippen molar-refractivity contribution in [2.75, 3.05) is 66.0 Å². The summed E-state index contributed by atoms with van der Waals surface area (Å²) in [4.78, 5) is 54.1. The number of hydrogen-bond acceptors (Lipinski definition) is 12. The lowest BCUT2D eigenvalue weighted by atomic mass is 9.47. The molecule has 14 heteroatoms. The van der Waals surface area contributed by atoms with Crippen LogP contribution in [0.2, 0.25) is 0 Å². The number of halogens is 2. The molecule has 1 saturated carbocycles. The zero-order chi connectivity index (χ0) is 42.0. The highest BCUT2D eigenvalue weighted by Gasteiger charge is 2.80. The van der Waals surface area contributed by atoms with E-state index in [4.69, 9.17) is 23.9 Å². The third kappa shape index (κ3) is 5.20. The van der Waals surface area contributed by atoms with Crippen LogP contribution in [0.1, 0.15) is 64.0 Å². The molecule has 1 spiro atoms.